The van der Waals surface area contributed by atoms with Gasteiger partial charge in [-0.15, -0.1) is 0 Å². The van der Waals surface area contributed by atoms with E-state index >= 15 is 0 Å². The highest BCUT2D eigenvalue weighted by atomic mass is 28.3. The van der Waals surface area contributed by atoms with Gasteiger partial charge in [-0.3, -0.25) is 4.79 Å². The molecule has 2 nitrogen and oxygen atoms in total. The van der Waals surface area contributed by atoms with Gasteiger partial charge < -0.3 is 5.11 Å². The Labute approximate surface area is 108 Å². The van der Waals surface area contributed by atoms with Crippen molar-refractivity contribution < 1.29 is 9.90 Å². The minimum absolute atomic E-state index is 0.346. The average molecular weight is 258 g/mol. The molecule has 1 N–H and O–H groups in total. The standard InChI is InChI=1S/C14H30O2Si/c1-5-7-8-9-10-12-14(11-6-2,13(15)16)17(3)4/h17H,5-12H2,1-4H3,(H,15,16). The van der Waals surface area contributed by atoms with E-state index < -0.39 is 14.8 Å². The van der Waals surface area contributed by atoms with Crippen molar-refractivity contribution in [3.05, 3.63) is 0 Å². The molecule has 0 aromatic heterocycles. The van der Waals surface area contributed by atoms with Crippen LogP contribution in [0.3, 0.4) is 0 Å². The molecule has 3 heteroatoms. The Kier molecular flexibility index (Phi) is 8.57. The van der Waals surface area contributed by atoms with Crippen LogP contribution < -0.4 is 0 Å². The number of carboxylic acids is 1. The van der Waals surface area contributed by atoms with E-state index in [2.05, 4.69) is 26.9 Å². The van der Waals surface area contributed by atoms with Crippen molar-refractivity contribution in [2.24, 2.45) is 0 Å². The highest BCUT2D eigenvalue weighted by molar-refractivity contribution is 6.63. The molecule has 0 amide bonds. The van der Waals surface area contributed by atoms with Crippen molar-refractivity contribution in [3.63, 3.8) is 0 Å². The van der Waals surface area contributed by atoms with Gasteiger partial charge in [-0.25, -0.2) is 0 Å². The summed E-state index contributed by atoms with van der Waals surface area (Å²) in [6.07, 6.45) is 8.87. The molecule has 0 saturated carbocycles. The molecule has 0 fully saturated rings. The minimum atomic E-state index is -1.16. The van der Waals surface area contributed by atoms with E-state index in [1.807, 2.05) is 0 Å². The summed E-state index contributed by atoms with van der Waals surface area (Å²) in [7, 11) is -1.16. The number of carboxylic acid groups (broad SMARTS) is 1. The third kappa shape index (κ3) is 5.24. The van der Waals surface area contributed by atoms with Crippen LogP contribution in [0.1, 0.15) is 65.2 Å². The molecule has 0 saturated heterocycles. The SMILES string of the molecule is CCCCCCCC(CCC)(C(=O)O)[SiH](C)C. The molecule has 0 aliphatic carbocycles. The van der Waals surface area contributed by atoms with Crippen LogP contribution in [-0.2, 0) is 4.79 Å². The first-order valence-corrected chi connectivity index (χ1v) is 10.1. The number of aliphatic carboxylic acids is 1. The Morgan fingerprint density at radius 2 is 1.59 bits per heavy atom. The molecular formula is C14H30O2Si. The summed E-state index contributed by atoms with van der Waals surface area (Å²) in [5.74, 6) is -0.531. The molecule has 1 atom stereocenters. The highest BCUT2D eigenvalue weighted by Gasteiger charge is 2.40. The Bertz CT molecular complexity index is 216. The minimum Gasteiger partial charge on any atom is -0.481 e. The third-order valence-electron chi connectivity index (χ3n) is 3.95. The number of carbonyl (C=O) groups is 1. The zero-order chi connectivity index (χ0) is 13.3. The summed E-state index contributed by atoms with van der Waals surface area (Å²) >= 11 is 0. The molecule has 0 rings (SSSR count). The highest BCUT2D eigenvalue weighted by Crippen LogP contribution is 2.41. The van der Waals surface area contributed by atoms with Gasteiger partial charge in [0, 0.05) is 0 Å². The molecule has 0 heterocycles. The van der Waals surface area contributed by atoms with Crippen LogP contribution in [0.4, 0.5) is 0 Å². The molecule has 0 aliphatic heterocycles. The van der Waals surface area contributed by atoms with Crippen LogP contribution >= 0.6 is 0 Å². The van der Waals surface area contributed by atoms with E-state index in [1.54, 1.807) is 0 Å². The maximum Gasteiger partial charge on any atom is 0.306 e. The normalized spacial score (nSPS) is 14.9. The van der Waals surface area contributed by atoms with Crippen molar-refractivity contribution >= 4 is 14.8 Å². The second-order valence-electron chi connectivity index (χ2n) is 5.53. The maximum atomic E-state index is 11.6. The molecule has 0 aromatic rings. The largest absolute Gasteiger partial charge is 0.481 e. The van der Waals surface area contributed by atoms with Crippen molar-refractivity contribution in [1.82, 2.24) is 0 Å². The first kappa shape index (κ1) is 16.7. The predicted octanol–water partition coefficient (Wildman–Crippen LogP) is 4.46. The fourth-order valence-corrected chi connectivity index (χ4v) is 4.79. The van der Waals surface area contributed by atoms with Gasteiger partial charge in [0.25, 0.3) is 0 Å². The molecule has 0 aliphatic rings. The zero-order valence-corrected chi connectivity index (χ0v) is 13.2. The van der Waals surface area contributed by atoms with Gasteiger partial charge in [-0.2, -0.15) is 0 Å². The van der Waals surface area contributed by atoms with Gasteiger partial charge in [-0.05, 0) is 12.8 Å². The lowest BCUT2D eigenvalue weighted by atomic mass is 9.94. The smallest absolute Gasteiger partial charge is 0.306 e. The molecule has 0 bridgehead atoms. The van der Waals surface area contributed by atoms with Gasteiger partial charge in [-0.1, -0.05) is 65.5 Å². The Morgan fingerprint density at radius 3 is 2.00 bits per heavy atom. The van der Waals surface area contributed by atoms with Crippen molar-refractivity contribution in [2.75, 3.05) is 0 Å². The Balaban J connectivity index is 4.32. The van der Waals surface area contributed by atoms with Crippen LogP contribution in [0.25, 0.3) is 0 Å². The number of unbranched alkanes of at least 4 members (excludes halogenated alkanes) is 4. The van der Waals surface area contributed by atoms with E-state index in [4.69, 9.17) is 0 Å². The van der Waals surface area contributed by atoms with Crippen LogP contribution in [0.5, 0.6) is 0 Å². The van der Waals surface area contributed by atoms with E-state index in [1.165, 1.54) is 25.7 Å². The van der Waals surface area contributed by atoms with Crippen molar-refractivity contribution in [2.45, 2.75) is 83.3 Å². The molecule has 0 radical (unpaired) electrons. The fourth-order valence-electron chi connectivity index (χ4n) is 2.65. The van der Waals surface area contributed by atoms with Gasteiger partial charge in [0.05, 0.1) is 13.8 Å². The lowest BCUT2D eigenvalue weighted by molar-refractivity contribution is -0.141. The number of hydrogen-bond acceptors (Lipinski definition) is 1. The molecule has 0 aromatic carbocycles. The third-order valence-corrected chi connectivity index (χ3v) is 6.99. The second-order valence-corrected chi connectivity index (χ2v) is 8.94. The summed E-state index contributed by atoms with van der Waals surface area (Å²) in [6, 6.07) is 0. The Hall–Kier alpha value is -0.313. The van der Waals surface area contributed by atoms with Crippen LogP contribution in [0.15, 0.2) is 0 Å². The number of hydrogen-bond donors (Lipinski definition) is 1. The molecule has 0 spiro atoms. The maximum absolute atomic E-state index is 11.6. The Morgan fingerprint density at radius 1 is 1.00 bits per heavy atom. The van der Waals surface area contributed by atoms with Crippen LogP contribution in [0, 0.1) is 0 Å². The lowest BCUT2D eigenvalue weighted by Gasteiger charge is -2.32. The summed E-state index contributed by atoms with van der Waals surface area (Å²) < 4.78 is 0. The molecular weight excluding hydrogens is 228 g/mol. The zero-order valence-electron chi connectivity index (χ0n) is 12.1. The molecule has 102 valence electrons. The van der Waals surface area contributed by atoms with Crippen molar-refractivity contribution in [1.29, 1.82) is 0 Å². The first-order chi connectivity index (χ1) is 8.01. The topological polar surface area (TPSA) is 37.3 Å². The number of rotatable bonds is 10. The van der Waals surface area contributed by atoms with E-state index in [0.29, 0.717) is 0 Å². The lowest BCUT2D eigenvalue weighted by Crippen LogP contribution is -2.35. The van der Waals surface area contributed by atoms with Gasteiger partial charge >= 0.3 is 5.97 Å². The van der Waals surface area contributed by atoms with Crippen molar-refractivity contribution in [3.8, 4) is 0 Å². The predicted molar refractivity (Wildman–Crippen MR) is 77.5 cm³/mol. The van der Waals surface area contributed by atoms with E-state index in [-0.39, 0.29) is 5.04 Å². The summed E-state index contributed by atoms with van der Waals surface area (Å²) in [4.78, 5) is 11.6. The summed E-state index contributed by atoms with van der Waals surface area (Å²) in [6.45, 7) is 8.69. The monoisotopic (exact) mass is 258 g/mol. The molecule has 17 heavy (non-hydrogen) atoms. The molecule has 1 unspecified atom stereocenters. The van der Waals surface area contributed by atoms with E-state index in [9.17, 15) is 9.90 Å². The quantitative estimate of drug-likeness (QED) is 0.464. The fraction of sp³-hybridized carbons (Fsp3) is 0.929. The first-order valence-electron chi connectivity index (χ1n) is 7.24. The van der Waals surface area contributed by atoms with Gasteiger partial charge in [0.1, 0.15) is 0 Å². The summed E-state index contributed by atoms with van der Waals surface area (Å²) in [5.41, 5.74) is 0. The van der Waals surface area contributed by atoms with Gasteiger partial charge in [0.15, 0.2) is 0 Å². The van der Waals surface area contributed by atoms with Gasteiger partial charge in [0.2, 0.25) is 0 Å². The van der Waals surface area contributed by atoms with Crippen LogP contribution in [-0.4, -0.2) is 19.9 Å². The second kappa shape index (κ2) is 8.73. The van der Waals surface area contributed by atoms with Crippen LogP contribution in [0.2, 0.25) is 18.1 Å². The van der Waals surface area contributed by atoms with E-state index in [0.717, 1.165) is 25.7 Å². The average Bonchev–Trinajstić information content (AvgIpc) is 2.26. The summed E-state index contributed by atoms with van der Waals surface area (Å²) in [5, 5.41) is 9.22.